The van der Waals surface area contributed by atoms with Gasteiger partial charge in [0.05, 0.1) is 12.0 Å². The van der Waals surface area contributed by atoms with E-state index < -0.39 is 17.6 Å². The smallest absolute Gasteiger partial charge is 0.309 e. The number of hydrogen-bond acceptors (Lipinski definition) is 5. The first-order valence-electron chi connectivity index (χ1n) is 7.99. The van der Waals surface area contributed by atoms with E-state index in [0.29, 0.717) is 12.8 Å². The molecule has 7 atom stereocenters. The van der Waals surface area contributed by atoms with Gasteiger partial charge in [0, 0.05) is 24.2 Å². The molecule has 1 heterocycles. The first kappa shape index (κ1) is 15.5. The van der Waals surface area contributed by atoms with Gasteiger partial charge in [-0.3, -0.25) is 9.59 Å². The quantitative estimate of drug-likeness (QED) is 0.591. The van der Waals surface area contributed by atoms with Crippen molar-refractivity contribution in [2.24, 2.45) is 23.2 Å². The lowest BCUT2D eigenvalue weighted by molar-refractivity contribution is -0.178. The fraction of sp³-hybridized carbons (Fsp3) is 0.765. The van der Waals surface area contributed by atoms with Gasteiger partial charge < -0.3 is 14.6 Å². The molecule has 5 nitrogen and oxygen atoms in total. The summed E-state index contributed by atoms with van der Waals surface area (Å²) in [5.74, 6) is -1.13. The molecule has 0 amide bonds. The van der Waals surface area contributed by atoms with E-state index in [1.54, 1.807) is 0 Å². The molecular formula is C17H24O5. The molecule has 0 aromatic carbocycles. The second kappa shape index (κ2) is 5.08. The fourth-order valence-corrected chi connectivity index (χ4v) is 4.84. The Hall–Kier alpha value is -1.36. The molecule has 0 radical (unpaired) electrons. The highest BCUT2D eigenvalue weighted by molar-refractivity contribution is 5.75. The van der Waals surface area contributed by atoms with E-state index in [2.05, 4.69) is 6.58 Å². The predicted molar refractivity (Wildman–Crippen MR) is 78.7 cm³/mol. The van der Waals surface area contributed by atoms with Crippen molar-refractivity contribution in [2.45, 2.75) is 58.3 Å². The van der Waals surface area contributed by atoms with Gasteiger partial charge in [0.25, 0.3) is 0 Å². The number of carbonyl (C=O) groups is 2. The number of carbonyl (C=O) groups excluding carboxylic acids is 2. The van der Waals surface area contributed by atoms with Crippen LogP contribution in [0.3, 0.4) is 0 Å². The van der Waals surface area contributed by atoms with Gasteiger partial charge in [0.1, 0.15) is 12.2 Å². The zero-order chi connectivity index (χ0) is 16.2. The Morgan fingerprint density at radius 2 is 2.18 bits per heavy atom. The van der Waals surface area contributed by atoms with Crippen molar-refractivity contribution < 1.29 is 24.2 Å². The third kappa shape index (κ3) is 2.09. The summed E-state index contributed by atoms with van der Waals surface area (Å²) in [6, 6.07) is 0. The first-order valence-corrected chi connectivity index (χ1v) is 7.99. The maximum absolute atomic E-state index is 12.1. The van der Waals surface area contributed by atoms with Gasteiger partial charge in [-0.25, -0.2) is 0 Å². The molecule has 0 aromatic heterocycles. The predicted octanol–water partition coefficient (Wildman–Crippen LogP) is 1.83. The van der Waals surface area contributed by atoms with Gasteiger partial charge in [0.15, 0.2) is 0 Å². The SMILES string of the molecule is C=C1CC[C@@H](O)[C@]2(C)C[C@@H](OC(C)=O)[C@@H]3[C@H](OC(=O)[C@@H]3C)[C@@H]12. The van der Waals surface area contributed by atoms with Crippen molar-refractivity contribution >= 4 is 11.9 Å². The van der Waals surface area contributed by atoms with Crippen LogP contribution in [0.5, 0.6) is 0 Å². The highest BCUT2D eigenvalue weighted by atomic mass is 16.6. The highest BCUT2D eigenvalue weighted by Gasteiger charge is 2.63. The Bertz CT molecular complexity index is 527. The van der Waals surface area contributed by atoms with Gasteiger partial charge in [-0.05, 0) is 19.3 Å². The van der Waals surface area contributed by atoms with Crippen LogP contribution in [0.4, 0.5) is 0 Å². The number of rotatable bonds is 1. The molecule has 3 fully saturated rings. The Labute approximate surface area is 130 Å². The van der Waals surface area contributed by atoms with E-state index in [9.17, 15) is 14.7 Å². The van der Waals surface area contributed by atoms with E-state index in [-0.39, 0.29) is 35.8 Å². The van der Waals surface area contributed by atoms with Crippen LogP contribution in [-0.4, -0.2) is 35.4 Å². The normalized spacial score (nSPS) is 47.5. The van der Waals surface area contributed by atoms with Crippen LogP contribution in [-0.2, 0) is 19.1 Å². The number of ether oxygens (including phenoxy) is 2. The van der Waals surface area contributed by atoms with Crippen LogP contribution in [0.15, 0.2) is 12.2 Å². The molecule has 2 aliphatic carbocycles. The lowest BCUT2D eigenvalue weighted by atomic mass is 9.53. The van der Waals surface area contributed by atoms with Crippen LogP contribution in [0.1, 0.15) is 40.0 Å². The Morgan fingerprint density at radius 3 is 2.82 bits per heavy atom. The van der Waals surface area contributed by atoms with E-state index >= 15 is 0 Å². The van der Waals surface area contributed by atoms with Crippen LogP contribution in [0, 0.1) is 23.2 Å². The zero-order valence-electron chi connectivity index (χ0n) is 13.4. The molecular weight excluding hydrogens is 284 g/mol. The summed E-state index contributed by atoms with van der Waals surface area (Å²) < 4.78 is 11.2. The van der Waals surface area contributed by atoms with Crippen LogP contribution in [0.25, 0.3) is 0 Å². The van der Waals surface area contributed by atoms with E-state index in [1.165, 1.54) is 6.92 Å². The summed E-state index contributed by atoms with van der Waals surface area (Å²) in [4.78, 5) is 23.6. The molecule has 22 heavy (non-hydrogen) atoms. The standard InChI is InChI=1S/C17H24O5/c1-8-5-6-12(19)17(4)7-11(21-10(3)18)13-9(2)16(20)22-15(13)14(8)17/h9,11-15,19H,1,5-7H2,2-4H3/t9-,11-,12-,13-,14-,15+,17+/m1/s1. The fourth-order valence-electron chi connectivity index (χ4n) is 4.84. The lowest BCUT2D eigenvalue weighted by Gasteiger charge is -2.54. The van der Waals surface area contributed by atoms with Gasteiger partial charge >= 0.3 is 11.9 Å². The Balaban J connectivity index is 2.02. The zero-order valence-corrected chi connectivity index (χ0v) is 13.4. The Kier molecular flexibility index (Phi) is 3.59. The molecule has 2 saturated carbocycles. The summed E-state index contributed by atoms with van der Waals surface area (Å²) in [5, 5.41) is 10.6. The molecule has 3 rings (SSSR count). The molecule has 1 saturated heterocycles. The second-order valence-corrected chi connectivity index (χ2v) is 7.32. The molecule has 1 aliphatic heterocycles. The average Bonchev–Trinajstić information content (AvgIpc) is 2.70. The molecule has 3 aliphatic rings. The summed E-state index contributed by atoms with van der Waals surface area (Å²) in [5.41, 5.74) is 0.562. The molecule has 122 valence electrons. The van der Waals surface area contributed by atoms with Crippen molar-refractivity contribution in [2.75, 3.05) is 0 Å². The third-order valence-corrected chi connectivity index (χ3v) is 5.95. The van der Waals surface area contributed by atoms with Gasteiger partial charge in [-0.2, -0.15) is 0 Å². The number of aliphatic hydroxyl groups excluding tert-OH is 1. The topological polar surface area (TPSA) is 72.8 Å². The minimum atomic E-state index is -0.503. The van der Waals surface area contributed by atoms with Crippen molar-refractivity contribution in [3.8, 4) is 0 Å². The molecule has 0 bridgehead atoms. The average molecular weight is 308 g/mol. The lowest BCUT2D eigenvalue weighted by Crippen LogP contribution is -2.58. The molecule has 0 aromatic rings. The highest BCUT2D eigenvalue weighted by Crippen LogP contribution is 2.58. The number of hydrogen-bond donors (Lipinski definition) is 1. The monoisotopic (exact) mass is 308 g/mol. The molecule has 0 unspecified atom stereocenters. The maximum atomic E-state index is 12.1. The van der Waals surface area contributed by atoms with E-state index in [0.717, 1.165) is 12.0 Å². The summed E-state index contributed by atoms with van der Waals surface area (Å²) in [7, 11) is 0. The Morgan fingerprint density at radius 1 is 1.50 bits per heavy atom. The summed E-state index contributed by atoms with van der Waals surface area (Å²) in [6.45, 7) is 9.37. The summed E-state index contributed by atoms with van der Waals surface area (Å²) >= 11 is 0. The van der Waals surface area contributed by atoms with Crippen LogP contribution < -0.4 is 0 Å². The number of aliphatic hydroxyl groups is 1. The minimum absolute atomic E-state index is 0.0676. The molecule has 1 N–H and O–H groups in total. The second-order valence-electron chi connectivity index (χ2n) is 7.32. The number of fused-ring (bicyclic) bond motifs is 3. The van der Waals surface area contributed by atoms with Crippen LogP contribution >= 0.6 is 0 Å². The number of esters is 2. The van der Waals surface area contributed by atoms with Crippen molar-refractivity contribution in [3.63, 3.8) is 0 Å². The summed E-state index contributed by atoms with van der Waals surface area (Å²) in [6.07, 6.45) is 0.684. The molecule has 5 heteroatoms. The van der Waals surface area contributed by atoms with Crippen molar-refractivity contribution in [3.05, 3.63) is 12.2 Å². The largest absolute Gasteiger partial charge is 0.462 e. The van der Waals surface area contributed by atoms with Gasteiger partial charge in [-0.15, -0.1) is 0 Å². The maximum Gasteiger partial charge on any atom is 0.309 e. The molecule has 0 spiro atoms. The van der Waals surface area contributed by atoms with Crippen LogP contribution in [0.2, 0.25) is 0 Å². The van der Waals surface area contributed by atoms with E-state index in [4.69, 9.17) is 9.47 Å². The van der Waals surface area contributed by atoms with E-state index in [1.807, 2.05) is 13.8 Å². The van der Waals surface area contributed by atoms with Gasteiger partial charge in [0.2, 0.25) is 0 Å². The van der Waals surface area contributed by atoms with Crippen molar-refractivity contribution in [1.82, 2.24) is 0 Å². The minimum Gasteiger partial charge on any atom is -0.462 e. The van der Waals surface area contributed by atoms with Crippen molar-refractivity contribution in [1.29, 1.82) is 0 Å². The first-order chi connectivity index (χ1) is 10.3. The third-order valence-electron chi connectivity index (χ3n) is 5.95. The van der Waals surface area contributed by atoms with Gasteiger partial charge in [-0.1, -0.05) is 26.0 Å².